The molecule has 2 fully saturated rings. The van der Waals surface area contributed by atoms with Gasteiger partial charge in [0.25, 0.3) is 0 Å². The van der Waals surface area contributed by atoms with Crippen molar-refractivity contribution in [3.05, 3.63) is 11.9 Å². The van der Waals surface area contributed by atoms with E-state index in [2.05, 4.69) is 45.7 Å². The summed E-state index contributed by atoms with van der Waals surface area (Å²) in [4.78, 5) is 4.90. The number of nitrogens with zero attached hydrogens (tertiary/aromatic N) is 5. The first kappa shape index (κ1) is 14.9. The predicted octanol–water partition coefficient (Wildman–Crippen LogP) is 0.556. The summed E-state index contributed by atoms with van der Waals surface area (Å²) in [5.74, 6) is 0. The molecule has 1 aliphatic carbocycles. The predicted molar refractivity (Wildman–Crippen MR) is 83.0 cm³/mol. The fourth-order valence-corrected chi connectivity index (χ4v) is 2.94. The number of hydrogen-bond acceptors (Lipinski definition) is 5. The second-order valence-corrected chi connectivity index (χ2v) is 6.64. The van der Waals surface area contributed by atoms with Gasteiger partial charge in [0, 0.05) is 31.4 Å². The van der Waals surface area contributed by atoms with E-state index < -0.39 is 0 Å². The Morgan fingerprint density at radius 2 is 2.05 bits per heavy atom. The smallest absolute Gasteiger partial charge is 0.0964 e. The van der Waals surface area contributed by atoms with Crippen molar-refractivity contribution in [2.24, 2.45) is 0 Å². The summed E-state index contributed by atoms with van der Waals surface area (Å²) < 4.78 is 1.98. The second-order valence-electron chi connectivity index (χ2n) is 6.64. The van der Waals surface area contributed by atoms with Gasteiger partial charge in [0.2, 0.25) is 0 Å². The van der Waals surface area contributed by atoms with Crippen molar-refractivity contribution in [2.75, 3.05) is 33.7 Å². The van der Waals surface area contributed by atoms with Crippen LogP contribution in [0.5, 0.6) is 0 Å². The molecule has 0 amide bonds. The first-order chi connectivity index (χ1) is 10.2. The average Bonchev–Trinajstić information content (AvgIpc) is 3.21. The van der Waals surface area contributed by atoms with Crippen LogP contribution < -0.4 is 5.32 Å². The normalized spacial score (nSPS) is 21.3. The zero-order valence-corrected chi connectivity index (χ0v) is 13.3. The maximum atomic E-state index is 4.24. The van der Waals surface area contributed by atoms with Gasteiger partial charge in [0.1, 0.15) is 0 Å². The molecule has 118 valence electrons. The van der Waals surface area contributed by atoms with Gasteiger partial charge in [-0.05, 0) is 52.9 Å². The molecule has 3 rings (SSSR count). The molecule has 0 atom stereocenters. The minimum Gasteiger partial charge on any atom is -0.308 e. The van der Waals surface area contributed by atoms with Gasteiger partial charge in [-0.3, -0.25) is 4.68 Å². The van der Waals surface area contributed by atoms with Crippen LogP contribution in [0.15, 0.2) is 6.20 Å². The van der Waals surface area contributed by atoms with E-state index in [-0.39, 0.29) is 0 Å². The standard InChI is InChI=1S/C15H28N6/c1-19-7-5-15(6-8-19)20(2)9-10-21-12-14(17-18-21)11-16-13-3-4-13/h12-13,15-16H,3-11H2,1-2H3. The van der Waals surface area contributed by atoms with Crippen LogP contribution in [0.4, 0.5) is 0 Å². The van der Waals surface area contributed by atoms with E-state index in [1.165, 1.54) is 38.8 Å². The maximum absolute atomic E-state index is 4.24. The third kappa shape index (κ3) is 4.49. The highest BCUT2D eigenvalue weighted by atomic mass is 15.4. The van der Waals surface area contributed by atoms with E-state index >= 15 is 0 Å². The number of aromatic nitrogens is 3. The van der Waals surface area contributed by atoms with Gasteiger partial charge < -0.3 is 15.1 Å². The van der Waals surface area contributed by atoms with Crippen LogP contribution in [0.3, 0.4) is 0 Å². The van der Waals surface area contributed by atoms with E-state index in [0.717, 1.165) is 37.4 Å². The summed E-state index contributed by atoms with van der Waals surface area (Å²) in [6.07, 6.45) is 7.27. The number of piperidine rings is 1. The molecule has 0 bridgehead atoms. The maximum Gasteiger partial charge on any atom is 0.0964 e. The lowest BCUT2D eigenvalue weighted by Crippen LogP contribution is -2.42. The molecule has 6 nitrogen and oxygen atoms in total. The molecule has 1 aromatic rings. The van der Waals surface area contributed by atoms with Crippen LogP contribution in [0.25, 0.3) is 0 Å². The minimum atomic E-state index is 0.723. The molecule has 1 saturated carbocycles. The van der Waals surface area contributed by atoms with Gasteiger partial charge >= 0.3 is 0 Å². The monoisotopic (exact) mass is 292 g/mol. The number of likely N-dealkylation sites (tertiary alicyclic amines) is 1. The van der Waals surface area contributed by atoms with Gasteiger partial charge in [0.05, 0.1) is 12.2 Å². The van der Waals surface area contributed by atoms with Gasteiger partial charge in [-0.2, -0.15) is 0 Å². The number of hydrogen-bond donors (Lipinski definition) is 1. The summed E-state index contributed by atoms with van der Waals surface area (Å²) in [5.41, 5.74) is 1.06. The van der Waals surface area contributed by atoms with E-state index in [1.807, 2.05) is 4.68 Å². The molecule has 1 saturated heterocycles. The summed E-state index contributed by atoms with van der Waals surface area (Å²) in [6.45, 7) is 5.27. The molecule has 6 heteroatoms. The number of nitrogens with one attached hydrogen (secondary N) is 1. The summed E-state index contributed by atoms with van der Waals surface area (Å²) in [6, 6.07) is 1.45. The highest BCUT2D eigenvalue weighted by Crippen LogP contribution is 2.19. The van der Waals surface area contributed by atoms with Crippen molar-refractivity contribution >= 4 is 0 Å². The lowest BCUT2D eigenvalue weighted by Gasteiger charge is -2.35. The van der Waals surface area contributed by atoms with Crippen LogP contribution in [0.2, 0.25) is 0 Å². The molecule has 1 aromatic heterocycles. The van der Waals surface area contributed by atoms with E-state index in [1.54, 1.807) is 0 Å². The Morgan fingerprint density at radius 1 is 1.29 bits per heavy atom. The zero-order valence-electron chi connectivity index (χ0n) is 13.3. The number of rotatable bonds is 7. The molecule has 1 aliphatic heterocycles. The molecule has 2 aliphatic rings. The quantitative estimate of drug-likeness (QED) is 0.795. The molecule has 0 unspecified atom stereocenters. The lowest BCUT2D eigenvalue weighted by molar-refractivity contribution is 0.140. The first-order valence-electron chi connectivity index (χ1n) is 8.22. The third-order valence-corrected chi connectivity index (χ3v) is 4.73. The highest BCUT2D eigenvalue weighted by molar-refractivity contribution is 4.94. The Morgan fingerprint density at radius 3 is 2.76 bits per heavy atom. The van der Waals surface area contributed by atoms with Crippen LogP contribution >= 0.6 is 0 Å². The highest BCUT2D eigenvalue weighted by Gasteiger charge is 2.21. The minimum absolute atomic E-state index is 0.723. The Labute approximate surface area is 127 Å². The largest absolute Gasteiger partial charge is 0.308 e. The molecule has 0 spiro atoms. The molecular formula is C15H28N6. The lowest BCUT2D eigenvalue weighted by atomic mass is 10.0. The summed E-state index contributed by atoms with van der Waals surface area (Å²) >= 11 is 0. The first-order valence-corrected chi connectivity index (χ1v) is 8.22. The number of likely N-dealkylation sites (N-methyl/N-ethyl adjacent to an activating group) is 1. The van der Waals surface area contributed by atoms with Gasteiger partial charge in [-0.1, -0.05) is 5.21 Å². The summed E-state index contributed by atoms with van der Waals surface area (Å²) in [5, 5.41) is 12.0. The fraction of sp³-hybridized carbons (Fsp3) is 0.867. The zero-order chi connectivity index (χ0) is 14.7. The van der Waals surface area contributed by atoms with Crippen molar-refractivity contribution in [1.29, 1.82) is 0 Å². The fourth-order valence-electron chi connectivity index (χ4n) is 2.94. The van der Waals surface area contributed by atoms with E-state index in [0.29, 0.717) is 0 Å². The summed E-state index contributed by atoms with van der Waals surface area (Å²) in [7, 11) is 4.45. The van der Waals surface area contributed by atoms with Crippen molar-refractivity contribution in [1.82, 2.24) is 30.1 Å². The molecular weight excluding hydrogens is 264 g/mol. The SMILES string of the molecule is CN1CCC(N(C)CCn2cc(CNC3CC3)nn2)CC1. The molecule has 0 aromatic carbocycles. The van der Waals surface area contributed by atoms with Crippen LogP contribution in [0.1, 0.15) is 31.4 Å². The van der Waals surface area contributed by atoms with Crippen molar-refractivity contribution in [3.63, 3.8) is 0 Å². The second kappa shape index (κ2) is 6.85. The van der Waals surface area contributed by atoms with Gasteiger partial charge in [-0.25, -0.2) is 0 Å². The molecule has 1 N–H and O–H groups in total. The van der Waals surface area contributed by atoms with Crippen molar-refractivity contribution in [2.45, 2.75) is 50.9 Å². The van der Waals surface area contributed by atoms with Crippen LogP contribution in [0, 0.1) is 0 Å². The van der Waals surface area contributed by atoms with Gasteiger partial charge in [-0.15, -0.1) is 5.10 Å². The Balaban J connectivity index is 1.39. The molecule has 0 radical (unpaired) electrons. The van der Waals surface area contributed by atoms with Crippen LogP contribution in [-0.2, 0) is 13.1 Å². The Kier molecular flexibility index (Phi) is 4.87. The van der Waals surface area contributed by atoms with Crippen molar-refractivity contribution < 1.29 is 0 Å². The van der Waals surface area contributed by atoms with Crippen molar-refractivity contribution in [3.8, 4) is 0 Å². The Hall–Kier alpha value is -0.980. The molecule has 2 heterocycles. The third-order valence-electron chi connectivity index (χ3n) is 4.73. The molecule has 21 heavy (non-hydrogen) atoms. The van der Waals surface area contributed by atoms with Gasteiger partial charge in [0.15, 0.2) is 0 Å². The van der Waals surface area contributed by atoms with Crippen LogP contribution in [-0.4, -0.2) is 70.6 Å². The van der Waals surface area contributed by atoms with E-state index in [9.17, 15) is 0 Å². The van der Waals surface area contributed by atoms with E-state index in [4.69, 9.17) is 0 Å². The average molecular weight is 292 g/mol. The Bertz CT molecular complexity index is 433. The topological polar surface area (TPSA) is 49.2 Å².